The second-order valence-electron chi connectivity index (χ2n) is 7.42. The average Bonchev–Trinajstić information content (AvgIpc) is 2.52. The summed E-state index contributed by atoms with van der Waals surface area (Å²) in [7, 11) is 0. The zero-order chi connectivity index (χ0) is 14.5. The Kier molecular flexibility index (Phi) is 5.35. The number of nitrogens with one attached hydrogen (secondary N) is 1. The van der Waals surface area contributed by atoms with Gasteiger partial charge in [-0.3, -0.25) is 0 Å². The van der Waals surface area contributed by atoms with E-state index in [4.69, 9.17) is 0 Å². The molecule has 0 bridgehead atoms. The van der Waals surface area contributed by atoms with E-state index < -0.39 is 0 Å². The van der Waals surface area contributed by atoms with E-state index in [1.807, 2.05) is 0 Å². The van der Waals surface area contributed by atoms with Crippen LogP contribution < -0.4 is 5.32 Å². The van der Waals surface area contributed by atoms with Crippen molar-refractivity contribution in [3.8, 4) is 0 Å². The summed E-state index contributed by atoms with van der Waals surface area (Å²) in [5.41, 5.74) is 3.21. The van der Waals surface area contributed by atoms with Gasteiger partial charge in [-0.15, -0.1) is 0 Å². The van der Waals surface area contributed by atoms with Gasteiger partial charge in [-0.25, -0.2) is 0 Å². The summed E-state index contributed by atoms with van der Waals surface area (Å²) in [4.78, 5) is 0. The zero-order valence-electron chi connectivity index (χ0n) is 13.6. The first-order valence-electron chi connectivity index (χ1n) is 9.11. The first-order chi connectivity index (χ1) is 10.3. The van der Waals surface area contributed by atoms with E-state index >= 15 is 0 Å². The predicted octanol–water partition coefficient (Wildman–Crippen LogP) is 4.91. The fraction of sp³-hybridized carbons (Fsp3) is 0.700. The smallest absolute Gasteiger partial charge is 0.00202 e. The largest absolute Gasteiger partial charge is 0.316 e. The molecule has 0 amide bonds. The van der Waals surface area contributed by atoms with Crippen LogP contribution in [-0.4, -0.2) is 13.1 Å². The summed E-state index contributed by atoms with van der Waals surface area (Å²) in [5, 5.41) is 3.76. The van der Waals surface area contributed by atoms with Crippen molar-refractivity contribution >= 4 is 0 Å². The fourth-order valence-corrected chi connectivity index (χ4v) is 4.47. The van der Waals surface area contributed by atoms with E-state index in [-0.39, 0.29) is 0 Å². The van der Waals surface area contributed by atoms with Gasteiger partial charge in [-0.2, -0.15) is 0 Å². The van der Waals surface area contributed by atoms with Crippen molar-refractivity contribution in [2.75, 3.05) is 13.1 Å². The minimum absolute atomic E-state index is 0.750. The minimum atomic E-state index is 0.750. The lowest BCUT2D eigenvalue weighted by atomic mass is 9.80. The van der Waals surface area contributed by atoms with E-state index in [0.29, 0.717) is 0 Å². The number of fused-ring (bicyclic) bond motifs is 1. The third-order valence-corrected chi connectivity index (χ3v) is 5.66. The molecule has 3 unspecified atom stereocenters. The molecule has 1 nitrogen and oxygen atoms in total. The van der Waals surface area contributed by atoms with Crippen molar-refractivity contribution in [2.45, 2.75) is 64.2 Å². The van der Waals surface area contributed by atoms with Crippen LogP contribution in [0.5, 0.6) is 0 Å². The molecule has 0 heterocycles. The van der Waals surface area contributed by atoms with E-state index in [0.717, 1.165) is 17.8 Å². The summed E-state index contributed by atoms with van der Waals surface area (Å²) < 4.78 is 0. The predicted molar refractivity (Wildman–Crippen MR) is 90.7 cm³/mol. The number of hydrogen-bond donors (Lipinski definition) is 1. The monoisotopic (exact) mass is 285 g/mol. The van der Waals surface area contributed by atoms with E-state index in [1.54, 1.807) is 11.1 Å². The molecule has 1 aromatic carbocycles. The Morgan fingerprint density at radius 1 is 1.10 bits per heavy atom. The Morgan fingerprint density at radius 2 is 2.00 bits per heavy atom. The topological polar surface area (TPSA) is 12.0 Å². The van der Waals surface area contributed by atoms with Crippen molar-refractivity contribution in [3.63, 3.8) is 0 Å². The molecule has 1 heteroatoms. The van der Waals surface area contributed by atoms with Gasteiger partial charge in [0.25, 0.3) is 0 Å². The summed E-state index contributed by atoms with van der Waals surface area (Å²) in [6, 6.07) is 9.08. The molecule has 2 aliphatic rings. The molecule has 3 rings (SSSR count). The van der Waals surface area contributed by atoms with Gasteiger partial charge in [0, 0.05) is 6.54 Å². The summed E-state index contributed by atoms with van der Waals surface area (Å²) in [5.74, 6) is 2.70. The van der Waals surface area contributed by atoms with Crippen LogP contribution in [0.3, 0.4) is 0 Å². The molecule has 0 radical (unpaired) electrons. The molecule has 3 atom stereocenters. The molecule has 1 N–H and O–H groups in total. The summed E-state index contributed by atoms with van der Waals surface area (Å²) in [6.45, 7) is 4.83. The third-order valence-electron chi connectivity index (χ3n) is 5.66. The minimum Gasteiger partial charge on any atom is -0.316 e. The van der Waals surface area contributed by atoms with E-state index in [1.165, 1.54) is 64.5 Å². The van der Waals surface area contributed by atoms with Crippen LogP contribution in [0, 0.1) is 11.8 Å². The van der Waals surface area contributed by atoms with Gasteiger partial charge in [-0.05, 0) is 67.5 Å². The lowest BCUT2D eigenvalue weighted by Crippen LogP contribution is -2.27. The van der Waals surface area contributed by atoms with Gasteiger partial charge < -0.3 is 5.32 Å². The highest BCUT2D eigenvalue weighted by atomic mass is 14.9. The molecule has 0 aliphatic heterocycles. The first-order valence-corrected chi connectivity index (χ1v) is 9.11. The molecular formula is C20H31N. The average molecular weight is 285 g/mol. The first kappa shape index (κ1) is 15.1. The van der Waals surface area contributed by atoms with Crippen LogP contribution in [0.15, 0.2) is 24.3 Å². The third kappa shape index (κ3) is 4.10. The highest BCUT2D eigenvalue weighted by molar-refractivity contribution is 5.32. The highest BCUT2D eigenvalue weighted by Gasteiger charge is 2.20. The molecule has 116 valence electrons. The SMILES string of the molecule is CC1CCCC(CCNCC2CCCc3ccccc32)C1. The normalized spacial score (nSPS) is 29.1. The maximum absolute atomic E-state index is 3.76. The Bertz CT molecular complexity index is 439. The van der Waals surface area contributed by atoms with E-state index in [2.05, 4.69) is 36.5 Å². The molecule has 21 heavy (non-hydrogen) atoms. The molecule has 1 saturated carbocycles. The second-order valence-corrected chi connectivity index (χ2v) is 7.42. The Balaban J connectivity index is 1.42. The molecule has 2 aliphatic carbocycles. The molecule has 0 saturated heterocycles. The van der Waals surface area contributed by atoms with Gasteiger partial charge in [0.2, 0.25) is 0 Å². The lowest BCUT2D eigenvalue weighted by Gasteiger charge is -2.28. The van der Waals surface area contributed by atoms with Crippen LogP contribution in [0.4, 0.5) is 0 Å². The number of rotatable bonds is 5. The molecule has 0 aromatic heterocycles. The molecule has 1 fully saturated rings. The molecule has 0 spiro atoms. The number of aryl methyl sites for hydroxylation is 1. The fourth-order valence-electron chi connectivity index (χ4n) is 4.47. The maximum Gasteiger partial charge on any atom is 0.00202 e. The van der Waals surface area contributed by atoms with Crippen molar-refractivity contribution in [1.29, 1.82) is 0 Å². The zero-order valence-corrected chi connectivity index (χ0v) is 13.6. The molecule has 1 aromatic rings. The Labute approximate surface area is 130 Å². The number of hydrogen-bond acceptors (Lipinski definition) is 1. The van der Waals surface area contributed by atoms with Crippen molar-refractivity contribution < 1.29 is 0 Å². The Morgan fingerprint density at radius 3 is 2.90 bits per heavy atom. The highest BCUT2D eigenvalue weighted by Crippen LogP contribution is 2.32. The van der Waals surface area contributed by atoms with Crippen LogP contribution in [0.1, 0.15) is 68.9 Å². The Hall–Kier alpha value is -0.820. The van der Waals surface area contributed by atoms with Gasteiger partial charge in [0.1, 0.15) is 0 Å². The van der Waals surface area contributed by atoms with Crippen LogP contribution >= 0.6 is 0 Å². The molecular weight excluding hydrogens is 254 g/mol. The van der Waals surface area contributed by atoms with Crippen molar-refractivity contribution in [1.82, 2.24) is 5.32 Å². The maximum atomic E-state index is 3.76. The standard InChI is InChI=1S/C20H31N/c1-16-6-4-7-17(14-16)12-13-21-15-19-10-5-9-18-8-2-3-11-20(18)19/h2-3,8,11,16-17,19,21H,4-7,9-10,12-15H2,1H3. The van der Waals surface area contributed by atoms with Crippen molar-refractivity contribution in [2.24, 2.45) is 11.8 Å². The van der Waals surface area contributed by atoms with Crippen LogP contribution in [-0.2, 0) is 6.42 Å². The van der Waals surface area contributed by atoms with E-state index in [9.17, 15) is 0 Å². The quantitative estimate of drug-likeness (QED) is 0.758. The van der Waals surface area contributed by atoms with Gasteiger partial charge in [0.15, 0.2) is 0 Å². The second kappa shape index (κ2) is 7.45. The summed E-state index contributed by atoms with van der Waals surface area (Å²) >= 11 is 0. The van der Waals surface area contributed by atoms with Gasteiger partial charge >= 0.3 is 0 Å². The number of benzene rings is 1. The van der Waals surface area contributed by atoms with Gasteiger partial charge in [0.05, 0.1) is 0 Å². The summed E-state index contributed by atoms with van der Waals surface area (Å²) in [6.07, 6.45) is 11.3. The van der Waals surface area contributed by atoms with Gasteiger partial charge in [-0.1, -0.05) is 50.5 Å². The van der Waals surface area contributed by atoms with Crippen molar-refractivity contribution in [3.05, 3.63) is 35.4 Å². The van der Waals surface area contributed by atoms with Crippen LogP contribution in [0.25, 0.3) is 0 Å². The van der Waals surface area contributed by atoms with Crippen LogP contribution in [0.2, 0.25) is 0 Å². The lowest BCUT2D eigenvalue weighted by molar-refractivity contribution is 0.267.